The van der Waals surface area contributed by atoms with Crippen LogP contribution in [0.2, 0.25) is 0 Å². The number of hydrogen-bond acceptors (Lipinski definition) is 4. The number of aliphatic imine (C=N–C) groups is 1. The lowest BCUT2D eigenvalue weighted by Crippen LogP contribution is -2.37. The Morgan fingerprint density at radius 2 is 1.85 bits per heavy atom. The van der Waals surface area contributed by atoms with E-state index in [0.717, 1.165) is 12.1 Å². The zero-order valence-electron chi connectivity index (χ0n) is 13.0. The molecule has 0 spiro atoms. The van der Waals surface area contributed by atoms with Gasteiger partial charge in [-0.1, -0.05) is 11.8 Å². The van der Waals surface area contributed by atoms with Crippen molar-refractivity contribution in [3.63, 3.8) is 0 Å². The molecule has 144 valence electrons. The number of amides is 1. The summed E-state index contributed by atoms with van der Waals surface area (Å²) in [4.78, 5) is 15.1. The van der Waals surface area contributed by atoms with Gasteiger partial charge in [0.15, 0.2) is 5.17 Å². The van der Waals surface area contributed by atoms with Crippen molar-refractivity contribution in [2.24, 2.45) is 4.99 Å². The molecule has 3 nitrogen and oxygen atoms in total. The van der Waals surface area contributed by atoms with Gasteiger partial charge >= 0.3 is 12.4 Å². The molecule has 2 rings (SSSR count). The largest absolute Gasteiger partial charge is 0.406 e. The maximum atomic E-state index is 14.3. The number of carbonyl (C=O) groups is 1. The highest BCUT2D eigenvalue weighted by Crippen LogP contribution is 2.36. The third-order valence-corrected chi connectivity index (χ3v) is 5.22. The lowest BCUT2D eigenvalue weighted by atomic mass is 10.2. The lowest BCUT2D eigenvalue weighted by molar-refractivity contribution is -0.118. The minimum Gasteiger partial charge on any atom is -0.309 e. The van der Waals surface area contributed by atoms with E-state index in [2.05, 4.69) is 4.99 Å². The molecule has 0 saturated carbocycles. The molecule has 1 aromatic carbocycles. The highest BCUT2D eigenvalue weighted by Gasteiger charge is 2.36. The predicted molar refractivity (Wildman–Crippen MR) is 86.2 cm³/mol. The Balaban J connectivity index is 2.43. The fourth-order valence-electron chi connectivity index (χ4n) is 2.03. The van der Waals surface area contributed by atoms with Crippen molar-refractivity contribution >= 4 is 40.3 Å². The molecule has 0 N–H and O–H groups in total. The van der Waals surface area contributed by atoms with Crippen LogP contribution in [0.5, 0.6) is 0 Å². The van der Waals surface area contributed by atoms with Gasteiger partial charge in [-0.05, 0) is 24.6 Å². The van der Waals surface area contributed by atoms with Crippen LogP contribution >= 0.6 is 23.5 Å². The number of amidine groups is 1. The van der Waals surface area contributed by atoms with Crippen molar-refractivity contribution in [3.05, 3.63) is 23.5 Å². The van der Waals surface area contributed by atoms with Gasteiger partial charge < -0.3 is 4.90 Å². The first-order chi connectivity index (χ1) is 11.9. The van der Waals surface area contributed by atoms with Gasteiger partial charge in [-0.15, -0.1) is 11.8 Å². The summed E-state index contributed by atoms with van der Waals surface area (Å²) in [6.45, 7) is -0.277. The highest BCUT2D eigenvalue weighted by atomic mass is 32.2. The molecule has 0 atom stereocenters. The van der Waals surface area contributed by atoms with Crippen LogP contribution in [0, 0.1) is 12.7 Å². The molecule has 1 aliphatic heterocycles. The van der Waals surface area contributed by atoms with Crippen LogP contribution in [0.25, 0.3) is 0 Å². The van der Waals surface area contributed by atoms with Crippen LogP contribution in [0.3, 0.4) is 0 Å². The van der Waals surface area contributed by atoms with E-state index in [0.29, 0.717) is 28.4 Å². The van der Waals surface area contributed by atoms with E-state index in [-0.39, 0.29) is 21.4 Å². The average Bonchev–Trinajstić information content (AvgIpc) is 2.89. The molecule has 1 amide bonds. The number of thioether (sulfide) groups is 2. The standard InChI is InChI=1S/C14H11F7N2OS2/c1-7-2-8(15)9(3-10(7)26-6-14(19,20)21)23(5-13(16,17)18)12-22-11(24)4-25-12/h2-3H,4-6H2,1H3. The molecular formula is C14H11F7N2OS2. The predicted octanol–water partition coefficient (Wildman–Crippen LogP) is 4.79. The number of nitrogens with zero attached hydrogens (tertiary/aromatic N) is 2. The van der Waals surface area contributed by atoms with Gasteiger partial charge in [0.2, 0.25) is 0 Å². The quantitative estimate of drug-likeness (QED) is 0.518. The smallest absolute Gasteiger partial charge is 0.309 e. The number of hydrogen-bond donors (Lipinski definition) is 0. The normalized spacial score (nSPS) is 15.4. The Hall–Kier alpha value is -1.43. The molecule has 12 heteroatoms. The Bertz CT molecular complexity index is 731. The van der Waals surface area contributed by atoms with Crippen LogP contribution in [-0.4, -0.2) is 41.5 Å². The van der Waals surface area contributed by atoms with Crippen molar-refractivity contribution in [3.8, 4) is 0 Å². The second-order valence-electron chi connectivity index (χ2n) is 5.25. The summed E-state index contributed by atoms with van der Waals surface area (Å²) in [5, 5.41) is -0.346. The van der Waals surface area contributed by atoms with Gasteiger partial charge in [0.25, 0.3) is 5.91 Å². The molecule has 0 aliphatic carbocycles. The topological polar surface area (TPSA) is 32.7 Å². The van der Waals surface area contributed by atoms with Crippen molar-refractivity contribution in [2.45, 2.75) is 24.2 Å². The van der Waals surface area contributed by atoms with Gasteiger partial charge in [0.05, 0.1) is 17.2 Å². The van der Waals surface area contributed by atoms with Gasteiger partial charge in [0.1, 0.15) is 12.4 Å². The molecule has 1 aliphatic rings. The van der Waals surface area contributed by atoms with Crippen molar-refractivity contribution < 1.29 is 35.5 Å². The fraction of sp³-hybridized carbons (Fsp3) is 0.429. The van der Waals surface area contributed by atoms with Crippen LogP contribution in [-0.2, 0) is 4.79 Å². The van der Waals surface area contributed by atoms with Crippen LogP contribution < -0.4 is 4.90 Å². The summed E-state index contributed by atoms with van der Waals surface area (Å²) in [5.41, 5.74) is -0.428. The minimum absolute atomic E-state index is 0.0131. The molecule has 0 aromatic heterocycles. The number of carbonyl (C=O) groups excluding carboxylic acids is 1. The first-order valence-corrected chi connectivity index (χ1v) is 8.91. The third-order valence-electron chi connectivity index (χ3n) is 3.04. The summed E-state index contributed by atoms with van der Waals surface area (Å²) in [6.07, 6.45) is -9.24. The van der Waals surface area contributed by atoms with E-state index >= 15 is 0 Å². The van der Waals surface area contributed by atoms with Crippen molar-refractivity contribution in [2.75, 3.05) is 23.0 Å². The maximum Gasteiger partial charge on any atom is 0.406 e. The van der Waals surface area contributed by atoms with Gasteiger partial charge in [-0.3, -0.25) is 4.79 Å². The summed E-state index contributed by atoms with van der Waals surface area (Å²) in [7, 11) is 0. The summed E-state index contributed by atoms with van der Waals surface area (Å²) < 4.78 is 90.2. The van der Waals surface area contributed by atoms with Crippen LogP contribution in [0.4, 0.5) is 36.4 Å². The molecule has 0 fully saturated rings. The number of rotatable bonds is 4. The summed E-state index contributed by atoms with van der Waals surface area (Å²) in [6, 6.07) is 1.78. The number of anilines is 1. The summed E-state index contributed by atoms with van der Waals surface area (Å²) >= 11 is 1.05. The van der Waals surface area contributed by atoms with Crippen LogP contribution in [0.1, 0.15) is 5.56 Å². The minimum atomic E-state index is -4.74. The molecular weight excluding hydrogens is 409 g/mol. The van der Waals surface area contributed by atoms with Gasteiger partial charge in [0, 0.05) is 4.90 Å². The lowest BCUT2D eigenvalue weighted by Gasteiger charge is -2.26. The Labute approximate surface area is 152 Å². The second-order valence-corrected chi connectivity index (χ2v) is 7.21. The monoisotopic (exact) mass is 420 g/mol. The zero-order chi connectivity index (χ0) is 19.7. The highest BCUT2D eigenvalue weighted by molar-refractivity contribution is 8.15. The molecule has 0 radical (unpaired) electrons. The molecule has 1 aromatic rings. The van der Waals surface area contributed by atoms with E-state index in [1.54, 1.807) is 0 Å². The number of aryl methyl sites for hydroxylation is 1. The van der Waals surface area contributed by atoms with Gasteiger partial charge in [-0.2, -0.15) is 31.3 Å². The zero-order valence-corrected chi connectivity index (χ0v) is 14.7. The average molecular weight is 420 g/mol. The van der Waals surface area contributed by atoms with E-state index < -0.39 is 42.1 Å². The Kier molecular flexibility index (Phi) is 6.16. The van der Waals surface area contributed by atoms with E-state index in [4.69, 9.17) is 0 Å². The number of benzene rings is 1. The third kappa shape index (κ3) is 5.79. The SMILES string of the molecule is Cc1cc(F)c(N(CC(F)(F)F)C2=NC(=O)CS2)cc1SCC(F)(F)F. The van der Waals surface area contributed by atoms with Crippen LogP contribution in [0.15, 0.2) is 22.0 Å². The molecule has 0 saturated heterocycles. The van der Waals surface area contributed by atoms with Crippen molar-refractivity contribution in [1.82, 2.24) is 0 Å². The maximum absolute atomic E-state index is 14.3. The first kappa shape index (κ1) is 20.9. The molecule has 1 heterocycles. The second kappa shape index (κ2) is 7.67. The van der Waals surface area contributed by atoms with E-state index in [1.807, 2.05) is 0 Å². The first-order valence-electron chi connectivity index (χ1n) is 6.94. The molecule has 0 unspecified atom stereocenters. The Morgan fingerprint density at radius 1 is 1.19 bits per heavy atom. The number of halogens is 7. The van der Waals surface area contributed by atoms with Crippen molar-refractivity contribution in [1.29, 1.82) is 0 Å². The fourth-order valence-corrected chi connectivity index (χ4v) is 3.64. The molecule has 26 heavy (non-hydrogen) atoms. The van der Waals surface area contributed by atoms with E-state index in [1.165, 1.54) is 6.92 Å². The number of alkyl halides is 6. The van der Waals surface area contributed by atoms with Gasteiger partial charge in [-0.25, -0.2) is 4.39 Å². The summed E-state index contributed by atoms with van der Waals surface area (Å²) in [5.74, 6) is -3.18. The Morgan fingerprint density at radius 3 is 2.35 bits per heavy atom. The molecule has 0 bridgehead atoms. The van der Waals surface area contributed by atoms with E-state index in [9.17, 15) is 35.5 Å².